The van der Waals surface area contributed by atoms with Crippen LogP contribution in [0.15, 0.2) is 12.1 Å². The third-order valence-electron chi connectivity index (χ3n) is 1.90. The van der Waals surface area contributed by atoms with Crippen LogP contribution in [0.1, 0.15) is 18.5 Å². The highest BCUT2D eigenvalue weighted by molar-refractivity contribution is 6.42. The van der Waals surface area contributed by atoms with Crippen LogP contribution in [0.4, 0.5) is 4.39 Å². The van der Waals surface area contributed by atoms with Gasteiger partial charge in [0.1, 0.15) is 5.82 Å². The summed E-state index contributed by atoms with van der Waals surface area (Å²) in [5.41, 5.74) is 5.93. The van der Waals surface area contributed by atoms with E-state index in [4.69, 9.17) is 28.9 Å². The van der Waals surface area contributed by atoms with Gasteiger partial charge in [-0.1, -0.05) is 23.2 Å². The normalized spacial score (nSPS) is 15.3. The van der Waals surface area contributed by atoms with Gasteiger partial charge in [0.15, 0.2) is 0 Å². The topological polar surface area (TPSA) is 46.2 Å². The highest BCUT2D eigenvalue weighted by Gasteiger charge is 2.18. The average molecular weight is 238 g/mol. The molecule has 0 saturated heterocycles. The van der Waals surface area contributed by atoms with Crippen LogP contribution < -0.4 is 5.73 Å². The number of hydrogen-bond donors (Lipinski definition) is 2. The number of aliphatic hydroxyl groups is 1. The maximum Gasteiger partial charge on any atom is 0.125 e. The van der Waals surface area contributed by atoms with Gasteiger partial charge < -0.3 is 10.8 Å². The summed E-state index contributed by atoms with van der Waals surface area (Å²) in [5.74, 6) is -0.523. The molecule has 1 aromatic rings. The van der Waals surface area contributed by atoms with Crippen LogP contribution in [-0.2, 0) is 0 Å². The second-order valence-electron chi connectivity index (χ2n) is 3.06. The minimum absolute atomic E-state index is 0.0952. The second kappa shape index (κ2) is 4.45. The highest BCUT2D eigenvalue weighted by atomic mass is 35.5. The van der Waals surface area contributed by atoms with Crippen LogP contribution in [0.5, 0.6) is 0 Å². The zero-order valence-electron chi connectivity index (χ0n) is 7.47. The second-order valence-corrected chi connectivity index (χ2v) is 3.84. The molecule has 0 fully saturated rings. The lowest BCUT2D eigenvalue weighted by atomic mass is 10.0. The van der Waals surface area contributed by atoms with E-state index < -0.39 is 18.0 Å². The first-order chi connectivity index (χ1) is 6.43. The lowest BCUT2D eigenvalue weighted by molar-refractivity contribution is 0.164. The van der Waals surface area contributed by atoms with E-state index in [9.17, 15) is 9.50 Å². The molecule has 0 amide bonds. The van der Waals surface area contributed by atoms with Crippen LogP contribution in [-0.4, -0.2) is 11.2 Å². The molecule has 0 bridgehead atoms. The fraction of sp³-hybridized carbons (Fsp3) is 0.333. The molecule has 0 saturated carbocycles. The molecular formula is C9H10Cl2FNO. The minimum atomic E-state index is -0.814. The summed E-state index contributed by atoms with van der Waals surface area (Å²) in [6.45, 7) is 1.50. The Kier molecular flexibility index (Phi) is 3.72. The van der Waals surface area contributed by atoms with Gasteiger partial charge in [-0.25, -0.2) is 4.39 Å². The summed E-state index contributed by atoms with van der Waals surface area (Å²) in [4.78, 5) is 0. The van der Waals surface area contributed by atoms with Crippen molar-refractivity contribution in [3.63, 3.8) is 0 Å². The molecule has 0 spiro atoms. The van der Waals surface area contributed by atoms with Crippen molar-refractivity contribution in [2.75, 3.05) is 0 Å². The highest BCUT2D eigenvalue weighted by Crippen LogP contribution is 2.31. The predicted molar refractivity (Wildman–Crippen MR) is 55.0 cm³/mol. The molecule has 0 unspecified atom stereocenters. The molecule has 0 aliphatic carbocycles. The van der Waals surface area contributed by atoms with E-state index in [-0.39, 0.29) is 10.0 Å². The molecule has 14 heavy (non-hydrogen) atoms. The van der Waals surface area contributed by atoms with E-state index in [2.05, 4.69) is 0 Å². The molecule has 0 radical (unpaired) electrons. The Morgan fingerprint density at radius 2 is 2.00 bits per heavy atom. The summed E-state index contributed by atoms with van der Waals surface area (Å²) in [6.07, 6.45) is -0.814. The molecule has 2 nitrogen and oxygen atoms in total. The minimum Gasteiger partial charge on any atom is -0.391 e. The molecule has 0 aliphatic heterocycles. The van der Waals surface area contributed by atoms with Gasteiger partial charge in [-0.05, 0) is 24.6 Å². The summed E-state index contributed by atoms with van der Waals surface area (Å²) >= 11 is 11.5. The average Bonchev–Trinajstić information content (AvgIpc) is 2.09. The number of hydrogen-bond acceptors (Lipinski definition) is 2. The van der Waals surface area contributed by atoms with E-state index in [1.54, 1.807) is 0 Å². The van der Waals surface area contributed by atoms with Crippen molar-refractivity contribution in [3.8, 4) is 0 Å². The van der Waals surface area contributed by atoms with Gasteiger partial charge in [0.2, 0.25) is 0 Å². The lowest BCUT2D eigenvalue weighted by Gasteiger charge is -2.17. The molecule has 0 heterocycles. The van der Waals surface area contributed by atoms with Crippen molar-refractivity contribution in [3.05, 3.63) is 33.6 Å². The summed E-state index contributed by atoms with van der Waals surface area (Å²) in [7, 11) is 0. The van der Waals surface area contributed by atoms with Gasteiger partial charge in [-0.2, -0.15) is 0 Å². The molecule has 2 atom stereocenters. The van der Waals surface area contributed by atoms with E-state index in [0.717, 1.165) is 6.07 Å². The first kappa shape index (κ1) is 11.7. The van der Waals surface area contributed by atoms with Crippen molar-refractivity contribution >= 4 is 23.2 Å². The van der Waals surface area contributed by atoms with Gasteiger partial charge in [0.25, 0.3) is 0 Å². The quantitative estimate of drug-likeness (QED) is 0.777. The Morgan fingerprint density at radius 3 is 2.50 bits per heavy atom. The van der Waals surface area contributed by atoms with Crippen LogP contribution in [0.2, 0.25) is 10.0 Å². The van der Waals surface area contributed by atoms with E-state index in [0.29, 0.717) is 5.56 Å². The van der Waals surface area contributed by atoms with Gasteiger partial charge in [0, 0.05) is 0 Å². The fourth-order valence-electron chi connectivity index (χ4n) is 1.08. The van der Waals surface area contributed by atoms with Gasteiger partial charge in [0.05, 0.1) is 22.2 Å². The Hall–Kier alpha value is -0.350. The first-order valence-electron chi connectivity index (χ1n) is 4.01. The van der Waals surface area contributed by atoms with Crippen LogP contribution in [0, 0.1) is 5.82 Å². The zero-order chi connectivity index (χ0) is 10.9. The molecule has 3 N–H and O–H groups in total. The van der Waals surface area contributed by atoms with Crippen LogP contribution in [0.25, 0.3) is 0 Å². The summed E-state index contributed by atoms with van der Waals surface area (Å²) in [5, 5.41) is 9.51. The first-order valence-corrected chi connectivity index (χ1v) is 4.77. The molecule has 5 heteroatoms. The summed E-state index contributed by atoms with van der Waals surface area (Å²) < 4.78 is 13.0. The SMILES string of the molecule is C[C@@H](O)[C@@H](N)c1cc(F)cc(Cl)c1Cl. The van der Waals surface area contributed by atoms with Gasteiger partial charge >= 0.3 is 0 Å². The number of aliphatic hydroxyl groups excluding tert-OH is 1. The predicted octanol–water partition coefficient (Wildman–Crippen LogP) is 2.51. The van der Waals surface area contributed by atoms with Crippen LogP contribution in [0.3, 0.4) is 0 Å². The molecular weight excluding hydrogens is 228 g/mol. The Morgan fingerprint density at radius 1 is 1.43 bits per heavy atom. The van der Waals surface area contributed by atoms with E-state index in [1.807, 2.05) is 0 Å². The number of halogens is 3. The molecule has 78 valence electrons. The van der Waals surface area contributed by atoms with Crippen LogP contribution >= 0.6 is 23.2 Å². The Balaban J connectivity index is 3.20. The molecule has 1 aromatic carbocycles. The fourth-order valence-corrected chi connectivity index (χ4v) is 1.53. The van der Waals surface area contributed by atoms with Crippen molar-refractivity contribution in [2.45, 2.75) is 19.1 Å². The smallest absolute Gasteiger partial charge is 0.125 e. The Labute approximate surface area is 91.4 Å². The van der Waals surface area contributed by atoms with Gasteiger partial charge in [-0.15, -0.1) is 0 Å². The zero-order valence-corrected chi connectivity index (χ0v) is 8.98. The molecule has 0 aliphatic rings. The van der Waals surface area contributed by atoms with Crippen molar-refractivity contribution in [2.24, 2.45) is 5.73 Å². The maximum absolute atomic E-state index is 13.0. The number of rotatable bonds is 2. The maximum atomic E-state index is 13.0. The number of nitrogens with two attached hydrogens (primary N) is 1. The lowest BCUT2D eigenvalue weighted by Crippen LogP contribution is -2.23. The largest absolute Gasteiger partial charge is 0.391 e. The molecule has 0 aromatic heterocycles. The van der Waals surface area contributed by atoms with Crippen molar-refractivity contribution in [1.82, 2.24) is 0 Å². The number of benzene rings is 1. The molecule has 1 rings (SSSR count). The van der Waals surface area contributed by atoms with Crippen molar-refractivity contribution in [1.29, 1.82) is 0 Å². The third-order valence-corrected chi connectivity index (χ3v) is 2.72. The van der Waals surface area contributed by atoms with Gasteiger partial charge in [-0.3, -0.25) is 0 Å². The monoisotopic (exact) mass is 237 g/mol. The van der Waals surface area contributed by atoms with E-state index in [1.165, 1.54) is 13.0 Å². The Bertz CT molecular complexity index is 344. The van der Waals surface area contributed by atoms with E-state index >= 15 is 0 Å². The van der Waals surface area contributed by atoms with Crippen molar-refractivity contribution < 1.29 is 9.50 Å². The third kappa shape index (κ3) is 2.36. The summed E-state index contributed by atoms with van der Waals surface area (Å²) in [6, 6.07) is 1.53. The standard InChI is InChI=1S/C9H10Cl2FNO/c1-4(14)9(13)6-2-5(12)3-7(10)8(6)11/h2-4,9,14H,13H2,1H3/t4-,9-/m1/s1.